The summed E-state index contributed by atoms with van der Waals surface area (Å²) in [6.07, 6.45) is -0.216. The van der Waals surface area contributed by atoms with Crippen LogP contribution < -0.4 is 11.1 Å². The number of alkyl halides is 3. The highest BCUT2D eigenvalue weighted by molar-refractivity contribution is 7.90. The smallest absolute Gasteiger partial charge is 0.306 e. The Labute approximate surface area is 221 Å². The lowest BCUT2D eigenvalue weighted by molar-refractivity contribution is -0.155. The van der Waals surface area contributed by atoms with Gasteiger partial charge in [0.25, 0.3) is 5.91 Å². The molecule has 0 bridgehead atoms. The fraction of sp³-hybridized carbons (Fsp3) is 0.609. The predicted molar refractivity (Wildman–Crippen MR) is 136 cm³/mol. The molecule has 0 aliphatic heterocycles. The van der Waals surface area contributed by atoms with Crippen molar-refractivity contribution in [2.75, 3.05) is 39.1 Å². The minimum atomic E-state index is -3.53. The van der Waals surface area contributed by atoms with Crippen LogP contribution in [-0.4, -0.2) is 74.5 Å². The van der Waals surface area contributed by atoms with Crippen molar-refractivity contribution in [3.63, 3.8) is 0 Å². The maximum absolute atomic E-state index is 14.0. The number of hydrogen-bond acceptors (Lipinski definition) is 7. The minimum absolute atomic E-state index is 0.0244. The standard InChI is InChI=1S/C23H34Cl2FN3O6S/c1-4-29(5-2)14-6-13-28-19(30)11-12-20(31)35-21(18(15-26)23(24,25)22(27)32)16-7-9-17(10-8-16)36(3,33)34/h7-10,18,21H,4-6,11-15H2,1-3H3,(H2,27,32)(H,28,30). The van der Waals surface area contributed by atoms with Crippen LogP contribution in [0, 0.1) is 5.92 Å². The first-order chi connectivity index (χ1) is 16.8. The van der Waals surface area contributed by atoms with Crippen molar-refractivity contribution < 1.29 is 31.9 Å². The quantitative estimate of drug-likeness (QED) is 0.177. The first kappa shape index (κ1) is 32.1. The van der Waals surface area contributed by atoms with Gasteiger partial charge in [-0.1, -0.05) is 49.2 Å². The highest BCUT2D eigenvalue weighted by atomic mass is 35.5. The van der Waals surface area contributed by atoms with E-state index in [1.54, 1.807) is 0 Å². The molecule has 0 radical (unpaired) electrons. The van der Waals surface area contributed by atoms with Gasteiger partial charge >= 0.3 is 5.97 Å². The van der Waals surface area contributed by atoms with Gasteiger partial charge in [0.05, 0.1) is 23.9 Å². The van der Waals surface area contributed by atoms with E-state index in [0.717, 1.165) is 32.3 Å². The number of rotatable bonds is 16. The summed E-state index contributed by atoms with van der Waals surface area (Å²) in [4.78, 5) is 38.6. The number of amides is 2. The number of benzene rings is 1. The van der Waals surface area contributed by atoms with E-state index in [-0.39, 0.29) is 29.2 Å². The van der Waals surface area contributed by atoms with Gasteiger partial charge in [-0.2, -0.15) is 0 Å². The van der Waals surface area contributed by atoms with Crippen LogP contribution >= 0.6 is 23.2 Å². The fourth-order valence-corrected chi connectivity index (χ4v) is 4.39. The molecule has 13 heteroatoms. The van der Waals surface area contributed by atoms with Crippen molar-refractivity contribution in [2.24, 2.45) is 11.7 Å². The normalized spacial score (nSPS) is 13.8. The number of carbonyl (C=O) groups excluding carboxylic acids is 3. The number of nitrogens with zero attached hydrogens (tertiary/aromatic N) is 1. The first-order valence-corrected chi connectivity index (χ1v) is 14.1. The summed E-state index contributed by atoms with van der Waals surface area (Å²) in [6, 6.07) is 5.07. The Bertz CT molecular complexity index is 988. The summed E-state index contributed by atoms with van der Waals surface area (Å²) >= 11 is 12.0. The lowest BCUT2D eigenvalue weighted by atomic mass is 9.92. The molecule has 2 unspecified atom stereocenters. The molecule has 0 fully saturated rings. The van der Waals surface area contributed by atoms with Gasteiger partial charge in [-0.05, 0) is 43.8 Å². The zero-order chi connectivity index (χ0) is 27.5. The molecule has 0 heterocycles. The molecular formula is C23H34Cl2FN3O6S. The number of ether oxygens (including phenoxy) is 1. The largest absolute Gasteiger partial charge is 0.457 e. The Hall–Kier alpha value is -1.95. The second-order valence-electron chi connectivity index (χ2n) is 8.23. The van der Waals surface area contributed by atoms with Crippen LogP contribution in [0.5, 0.6) is 0 Å². The predicted octanol–water partition coefficient (Wildman–Crippen LogP) is 2.55. The molecule has 9 nitrogen and oxygen atoms in total. The lowest BCUT2D eigenvalue weighted by Crippen LogP contribution is -2.45. The van der Waals surface area contributed by atoms with E-state index in [2.05, 4.69) is 24.1 Å². The number of nitrogens with one attached hydrogen (secondary N) is 1. The van der Waals surface area contributed by atoms with Crippen LogP contribution in [0.1, 0.15) is 44.8 Å². The molecule has 0 saturated heterocycles. The molecule has 1 aromatic carbocycles. The fourth-order valence-electron chi connectivity index (χ4n) is 3.41. The van der Waals surface area contributed by atoms with Crippen molar-refractivity contribution in [3.8, 4) is 0 Å². The number of hydrogen-bond donors (Lipinski definition) is 2. The third-order valence-corrected chi connectivity index (χ3v) is 7.71. The number of halogens is 3. The molecular weight excluding hydrogens is 536 g/mol. The van der Waals surface area contributed by atoms with Crippen molar-refractivity contribution in [2.45, 2.75) is 48.4 Å². The van der Waals surface area contributed by atoms with Gasteiger partial charge in [-0.15, -0.1) is 0 Å². The maximum atomic E-state index is 14.0. The van der Waals surface area contributed by atoms with Crippen molar-refractivity contribution >= 4 is 50.8 Å². The summed E-state index contributed by atoms with van der Waals surface area (Å²) in [6.45, 7) is 5.93. The Kier molecular flexibility index (Phi) is 13.1. The molecule has 36 heavy (non-hydrogen) atoms. The average Bonchev–Trinajstić information content (AvgIpc) is 2.82. The molecule has 1 aromatic rings. The van der Waals surface area contributed by atoms with Gasteiger partial charge in [0, 0.05) is 19.2 Å². The zero-order valence-electron chi connectivity index (χ0n) is 20.6. The summed E-state index contributed by atoms with van der Waals surface area (Å²) in [5, 5.41) is 2.73. The third kappa shape index (κ3) is 9.84. The van der Waals surface area contributed by atoms with E-state index in [4.69, 9.17) is 33.7 Å². The summed E-state index contributed by atoms with van der Waals surface area (Å²) in [5.74, 6) is -4.06. The molecule has 2 atom stereocenters. The zero-order valence-corrected chi connectivity index (χ0v) is 23.0. The number of carbonyl (C=O) groups is 3. The van der Waals surface area contributed by atoms with E-state index in [1.807, 2.05) is 0 Å². The SMILES string of the molecule is CCN(CC)CCCNC(=O)CCC(=O)OC(c1ccc(S(C)(=O)=O)cc1)C(CF)C(Cl)(Cl)C(N)=O. The second kappa shape index (κ2) is 14.7. The Morgan fingerprint density at radius 1 is 1.14 bits per heavy atom. The highest BCUT2D eigenvalue weighted by Gasteiger charge is 2.47. The van der Waals surface area contributed by atoms with Gasteiger partial charge < -0.3 is 20.7 Å². The van der Waals surface area contributed by atoms with Gasteiger partial charge in [0.1, 0.15) is 6.10 Å². The molecule has 0 saturated carbocycles. The van der Waals surface area contributed by atoms with E-state index in [9.17, 15) is 27.2 Å². The van der Waals surface area contributed by atoms with Crippen LogP contribution in [0.3, 0.4) is 0 Å². The number of nitrogens with two attached hydrogens (primary N) is 1. The topological polar surface area (TPSA) is 136 Å². The number of esters is 1. The Morgan fingerprint density at radius 2 is 1.72 bits per heavy atom. The number of primary amides is 1. The molecule has 3 N–H and O–H groups in total. The molecule has 0 aromatic heterocycles. The highest BCUT2D eigenvalue weighted by Crippen LogP contribution is 2.41. The van der Waals surface area contributed by atoms with Gasteiger partial charge in [0.15, 0.2) is 9.84 Å². The van der Waals surface area contributed by atoms with Crippen LogP contribution in [0.15, 0.2) is 29.2 Å². The summed E-state index contributed by atoms with van der Waals surface area (Å²) in [7, 11) is -3.53. The van der Waals surface area contributed by atoms with Crippen molar-refractivity contribution in [3.05, 3.63) is 29.8 Å². The summed E-state index contributed by atoms with van der Waals surface area (Å²) < 4.78 is 40.5. The molecule has 204 valence electrons. The minimum Gasteiger partial charge on any atom is -0.457 e. The van der Waals surface area contributed by atoms with Crippen LogP contribution in [0.2, 0.25) is 0 Å². The van der Waals surface area contributed by atoms with E-state index >= 15 is 0 Å². The Morgan fingerprint density at radius 3 is 2.19 bits per heavy atom. The van der Waals surface area contributed by atoms with Gasteiger partial charge in [0.2, 0.25) is 10.2 Å². The van der Waals surface area contributed by atoms with Crippen molar-refractivity contribution in [1.29, 1.82) is 0 Å². The molecule has 0 spiro atoms. The van der Waals surface area contributed by atoms with Crippen LogP contribution in [0.25, 0.3) is 0 Å². The van der Waals surface area contributed by atoms with E-state index in [0.29, 0.717) is 6.54 Å². The lowest BCUT2D eigenvalue weighted by Gasteiger charge is -2.32. The summed E-state index contributed by atoms with van der Waals surface area (Å²) in [5.41, 5.74) is 5.37. The Balaban J connectivity index is 2.92. The molecule has 1 rings (SSSR count). The molecule has 0 aliphatic rings. The van der Waals surface area contributed by atoms with E-state index in [1.165, 1.54) is 24.3 Å². The number of sulfone groups is 1. The average molecular weight is 571 g/mol. The van der Waals surface area contributed by atoms with Gasteiger partial charge in [-0.3, -0.25) is 18.8 Å². The second-order valence-corrected chi connectivity index (χ2v) is 11.6. The molecule has 2 amide bonds. The van der Waals surface area contributed by atoms with Crippen molar-refractivity contribution in [1.82, 2.24) is 10.2 Å². The van der Waals surface area contributed by atoms with Crippen LogP contribution in [0.4, 0.5) is 4.39 Å². The van der Waals surface area contributed by atoms with E-state index < -0.39 is 44.7 Å². The van der Waals surface area contributed by atoms with Gasteiger partial charge in [-0.25, -0.2) is 8.42 Å². The molecule has 0 aliphatic carbocycles. The monoisotopic (exact) mass is 569 g/mol. The third-order valence-electron chi connectivity index (χ3n) is 5.64. The van der Waals surface area contributed by atoms with Crippen LogP contribution in [-0.2, 0) is 29.0 Å². The maximum Gasteiger partial charge on any atom is 0.306 e. The first-order valence-electron chi connectivity index (χ1n) is 11.5.